The maximum atomic E-state index is 11.8. The fraction of sp³-hybridized carbons (Fsp3) is 0.529. The summed E-state index contributed by atoms with van der Waals surface area (Å²) in [6.07, 6.45) is 2.45. The van der Waals surface area contributed by atoms with Crippen molar-refractivity contribution in [2.45, 2.75) is 37.7 Å². The predicted octanol–water partition coefficient (Wildman–Crippen LogP) is 0.676. The molecule has 142 valence electrons. The molecule has 2 saturated heterocycles. The Balaban J connectivity index is 1.84. The Morgan fingerprint density at radius 3 is 2.50 bits per heavy atom. The van der Waals surface area contributed by atoms with Crippen molar-refractivity contribution >= 4 is 21.9 Å². The van der Waals surface area contributed by atoms with Crippen LogP contribution in [0.5, 0.6) is 11.5 Å². The van der Waals surface area contributed by atoms with Gasteiger partial charge in [0, 0.05) is 18.9 Å². The summed E-state index contributed by atoms with van der Waals surface area (Å²) in [5.41, 5.74) is 0.813. The molecule has 0 aromatic heterocycles. The van der Waals surface area contributed by atoms with Crippen molar-refractivity contribution in [3.05, 3.63) is 23.8 Å². The van der Waals surface area contributed by atoms with Gasteiger partial charge in [-0.1, -0.05) is 6.07 Å². The molecular formula is C17H22N2O6S. The lowest BCUT2D eigenvalue weighted by molar-refractivity contribution is -0.138. The normalized spacial score (nSPS) is 22.0. The van der Waals surface area contributed by atoms with E-state index in [9.17, 15) is 18.0 Å². The molecule has 1 unspecified atom stereocenters. The summed E-state index contributed by atoms with van der Waals surface area (Å²) in [5.74, 6) is -0.0656. The Bertz CT molecular complexity index is 801. The van der Waals surface area contributed by atoms with Crippen LogP contribution >= 0.6 is 0 Å². The highest BCUT2D eigenvalue weighted by Gasteiger charge is 2.29. The van der Waals surface area contributed by atoms with Gasteiger partial charge < -0.3 is 14.2 Å². The van der Waals surface area contributed by atoms with Crippen LogP contribution in [0.1, 0.15) is 37.2 Å². The van der Waals surface area contributed by atoms with Crippen LogP contribution < -0.4 is 19.6 Å². The van der Waals surface area contributed by atoms with Gasteiger partial charge in [-0.2, -0.15) is 8.42 Å². The molecule has 2 heterocycles. The molecule has 0 radical (unpaired) electrons. The van der Waals surface area contributed by atoms with Crippen LogP contribution in [-0.4, -0.2) is 45.7 Å². The maximum Gasteiger partial charge on any atom is 0.306 e. The van der Waals surface area contributed by atoms with E-state index in [1.807, 2.05) is 0 Å². The largest absolute Gasteiger partial charge is 0.480 e. The third kappa shape index (κ3) is 4.73. The second-order valence-corrected chi connectivity index (χ2v) is 8.14. The molecule has 1 aromatic rings. The van der Waals surface area contributed by atoms with Gasteiger partial charge in [0.05, 0.1) is 6.26 Å². The lowest BCUT2D eigenvalue weighted by Gasteiger charge is -2.26. The molecule has 9 heteroatoms. The minimum Gasteiger partial charge on any atom is -0.480 e. The fourth-order valence-corrected chi connectivity index (χ4v) is 3.71. The van der Waals surface area contributed by atoms with Crippen molar-refractivity contribution in [2.24, 2.45) is 0 Å². The van der Waals surface area contributed by atoms with E-state index in [2.05, 4.69) is 10.6 Å². The number of rotatable bonds is 5. The molecule has 2 N–H and O–H groups in total. The number of ether oxygens (including phenoxy) is 1. The van der Waals surface area contributed by atoms with Gasteiger partial charge in [-0.15, -0.1) is 0 Å². The van der Waals surface area contributed by atoms with Crippen LogP contribution in [0.3, 0.4) is 0 Å². The molecule has 0 bridgehead atoms. The van der Waals surface area contributed by atoms with Gasteiger partial charge in [0.1, 0.15) is 11.5 Å². The lowest BCUT2D eigenvalue weighted by atomic mass is 9.89. The molecule has 2 fully saturated rings. The van der Waals surface area contributed by atoms with Crippen LogP contribution in [0.4, 0.5) is 0 Å². The summed E-state index contributed by atoms with van der Waals surface area (Å²) in [5, 5.41) is 5.50. The van der Waals surface area contributed by atoms with Crippen molar-refractivity contribution in [2.75, 3.05) is 19.3 Å². The third-order valence-corrected chi connectivity index (χ3v) is 4.95. The topological polar surface area (TPSA) is 111 Å². The highest BCUT2D eigenvalue weighted by Crippen LogP contribution is 2.36. The Morgan fingerprint density at radius 1 is 1.12 bits per heavy atom. The summed E-state index contributed by atoms with van der Waals surface area (Å²) >= 11 is 0. The molecule has 8 nitrogen and oxygen atoms in total. The lowest BCUT2D eigenvalue weighted by Crippen LogP contribution is -2.46. The number of carbonyl (C=O) groups is 2. The first-order valence-electron chi connectivity index (χ1n) is 8.56. The zero-order valence-electron chi connectivity index (χ0n) is 14.5. The van der Waals surface area contributed by atoms with Gasteiger partial charge in [-0.25, -0.2) is 0 Å². The standard InChI is InChI=1S/C17H22N2O6S/c1-26(22,23)25-15-10-12(24-14-4-5-16(20)19-17(14)21)2-3-13(15)11-6-8-18-9-7-11/h2-3,10-11,14,18H,4-9H2,1H3,(H,19,20,21). The summed E-state index contributed by atoms with van der Waals surface area (Å²) < 4.78 is 34.1. The van der Waals surface area contributed by atoms with Crippen molar-refractivity contribution in [3.8, 4) is 11.5 Å². The van der Waals surface area contributed by atoms with Crippen molar-refractivity contribution in [1.82, 2.24) is 10.6 Å². The Labute approximate surface area is 152 Å². The van der Waals surface area contributed by atoms with E-state index < -0.39 is 22.1 Å². The molecule has 2 amide bonds. The Morgan fingerprint density at radius 2 is 1.85 bits per heavy atom. The van der Waals surface area contributed by atoms with E-state index in [1.165, 1.54) is 6.07 Å². The predicted molar refractivity (Wildman–Crippen MR) is 93.6 cm³/mol. The number of carbonyl (C=O) groups excluding carboxylic acids is 2. The maximum absolute atomic E-state index is 11.8. The first-order valence-corrected chi connectivity index (χ1v) is 10.4. The zero-order valence-corrected chi connectivity index (χ0v) is 15.3. The smallest absolute Gasteiger partial charge is 0.306 e. The minimum atomic E-state index is -3.70. The first-order chi connectivity index (χ1) is 12.3. The minimum absolute atomic E-state index is 0.192. The van der Waals surface area contributed by atoms with Gasteiger partial charge in [0.15, 0.2) is 6.10 Å². The monoisotopic (exact) mass is 382 g/mol. The number of amides is 2. The van der Waals surface area contributed by atoms with E-state index >= 15 is 0 Å². The van der Waals surface area contributed by atoms with E-state index in [-0.39, 0.29) is 30.4 Å². The van der Waals surface area contributed by atoms with Gasteiger partial charge in [0.25, 0.3) is 5.91 Å². The van der Waals surface area contributed by atoms with E-state index in [0.717, 1.165) is 37.8 Å². The van der Waals surface area contributed by atoms with Crippen LogP contribution in [0.2, 0.25) is 0 Å². The van der Waals surface area contributed by atoms with Gasteiger partial charge in [-0.3, -0.25) is 14.9 Å². The number of nitrogens with one attached hydrogen (secondary N) is 2. The van der Waals surface area contributed by atoms with E-state index in [4.69, 9.17) is 8.92 Å². The van der Waals surface area contributed by atoms with Crippen LogP contribution in [0, 0.1) is 0 Å². The van der Waals surface area contributed by atoms with Gasteiger partial charge >= 0.3 is 10.1 Å². The Hall–Kier alpha value is -2.13. The molecule has 26 heavy (non-hydrogen) atoms. The molecule has 0 saturated carbocycles. The zero-order chi connectivity index (χ0) is 18.7. The summed E-state index contributed by atoms with van der Waals surface area (Å²) in [6.45, 7) is 1.72. The summed E-state index contributed by atoms with van der Waals surface area (Å²) in [4.78, 5) is 23.1. The van der Waals surface area contributed by atoms with E-state index in [0.29, 0.717) is 5.75 Å². The number of piperidine rings is 2. The number of hydrogen-bond donors (Lipinski definition) is 2. The number of benzene rings is 1. The second-order valence-electron chi connectivity index (χ2n) is 6.57. The van der Waals surface area contributed by atoms with E-state index in [1.54, 1.807) is 12.1 Å². The van der Waals surface area contributed by atoms with Crippen molar-refractivity contribution in [3.63, 3.8) is 0 Å². The molecule has 1 atom stereocenters. The Kier molecular flexibility index (Phi) is 5.47. The summed E-state index contributed by atoms with van der Waals surface area (Å²) in [7, 11) is -3.70. The first kappa shape index (κ1) is 18.7. The molecule has 3 rings (SSSR count). The molecule has 0 spiro atoms. The highest BCUT2D eigenvalue weighted by molar-refractivity contribution is 7.86. The van der Waals surface area contributed by atoms with Crippen LogP contribution in [0.15, 0.2) is 18.2 Å². The molecule has 0 aliphatic carbocycles. The van der Waals surface area contributed by atoms with Crippen molar-refractivity contribution < 1.29 is 26.9 Å². The van der Waals surface area contributed by atoms with Crippen LogP contribution in [-0.2, 0) is 19.7 Å². The average Bonchev–Trinajstić information content (AvgIpc) is 2.57. The number of imide groups is 1. The van der Waals surface area contributed by atoms with Gasteiger partial charge in [-0.05, 0) is 43.5 Å². The number of hydrogen-bond acceptors (Lipinski definition) is 7. The highest BCUT2D eigenvalue weighted by atomic mass is 32.2. The van der Waals surface area contributed by atoms with Gasteiger partial charge in [0.2, 0.25) is 5.91 Å². The third-order valence-electron chi connectivity index (χ3n) is 4.47. The molecule has 2 aliphatic rings. The average molecular weight is 382 g/mol. The van der Waals surface area contributed by atoms with Crippen LogP contribution in [0.25, 0.3) is 0 Å². The molecule has 2 aliphatic heterocycles. The quantitative estimate of drug-likeness (QED) is 0.569. The SMILES string of the molecule is CS(=O)(=O)Oc1cc(OC2CCC(=O)NC2=O)ccc1C1CCNCC1. The molecule has 1 aromatic carbocycles. The molecular weight excluding hydrogens is 360 g/mol. The summed E-state index contributed by atoms with van der Waals surface area (Å²) in [6, 6.07) is 5.00. The van der Waals surface area contributed by atoms with Crippen molar-refractivity contribution in [1.29, 1.82) is 0 Å². The fourth-order valence-electron chi connectivity index (χ4n) is 3.24. The second kappa shape index (κ2) is 7.63.